The fraction of sp³-hybridized carbons (Fsp3) is 0.615. The molecule has 3 heteroatoms. The van der Waals surface area contributed by atoms with Gasteiger partial charge in [-0.05, 0) is 32.1 Å². The Morgan fingerprint density at radius 1 is 1.44 bits per heavy atom. The van der Waals surface area contributed by atoms with Crippen LogP contribution in [-0.2, 0) is 4.79 Å². The molecule has 1 rings (SSSR count). The van der Waals surface area contributed by atoms with Crippen molar-refractivity contribution < 1.29 is 15.0 Å². The molecule has 16 heavy (non-hydrogen) atoms. The van der Waals surface area contributed by atoms with E-state index in [0.29, 0.717) is 6.42 Å². The summed E-state index contributed by atoms with van der Waals surface area (Å²) < 4.78 is 0. The lowest BCUT2D eigenvalue weighted by molar-refractivity contribution is -0.137. The number of carboxylic acid groups (broad SMARTS) is 1. The van der Waals surface area contributed by atoms with Crippen molar-refractivity contribution in [3.63, 3.8) is 0 Å². The normalized spacial score (nSPS) is 25.1. The van der Waals surface area contributed by atoms with E-state index in [9.17, 15) is 9.90 Å². The predicted octanol–water partition coefficient (Wildman–Crippen LogP) is 2.51. The zero-order valence-corrected chi connectivity index (χ0v) is 9.51. The van der Waals surface area contributed by atoms with Gasteiger partial charge in [0.05, 0.1) is 6.10 Å². The van der Waals surface area contributed by atoms with Crippen LogP contribution in [0.3, 0.4) is 0 Å². The van der Waals surface area contributed by atoms with Gasteiger partial charge in [-0.1, -0.05) is 24.3 Å². The second-order valence-corrected chi connectivity index (χ2v) is 4.23. The van der Waals surface area contributed by atoms with Crippen LogP contribution < -0.4 is 0 Å². The second-order valence-electron chi connectivity index (χ2n) is 4.23. The molecular formula is C13H20O3. The zero-order chi connectivity index (χ0) is 11.8. The third-order valence-corrected chi connectivity index (χ3v) is 2.84. The highest BCUT2D eigenvalue weighted by atomic mass is 16.4. The molecule has 90 valence electrons. The lowest BCUT2D eigenvalue weighted by atomic mass is 9.90. The van der Waals surface area contributed by atoms with Gasteiger partial charge in [0, 0.05) is 12.3 Å². The summed E-state index contributed by atoms with van der Waals surface area (Å²) in [7, 11) is 0. The van der Waals surface area contributed by atoms with E-state index in [0.717, 1.165) is 25.7 Å². The molecule has 0 aromatic rings. The van der Waals surface area contributed by atoms with E-state index in [1.54, 1.807) is 0 Å². The van der Waals surface area contributed by atoms with Gasteiger partial charge in [0.15, 0.2) is 0 Å². The highest BCUT2D eigenvalue weighted by molar-refractivity contribution is 5.66. The fourth-order valence-corrected chi connectivity index (χ4v) is 1.86. The molecule has 0 fully saturated rings. The monoisotopic (exact) mass is 224 g/mol. The van der Waals surface area contributed by atoms with Crippen molar-refractivity contribution in [2.24, 2.45) is 5.92 Å². The highest BCUT2D eigenvalue weighted by Crippen LogP contribution is 2.21. The number of hydrogen-bond acceptors (Lipinski definition) is 2. The first-order valence-electron chi connectivity index (χ1n) is 5.91. The molecule has 0 aliphatic heterocycles. The van der Waals surface area contributed by atoms with Gasteiger partial charge in [-0.3, -0.25) is 4.79 Å². The van der Waals surface area contributed by atoms with E-state index >= 15 is 0 Å². The minimum Gasteiger partial charge on any atom is -0.481 e. The molecule has 3 nitrogen and oxygen atoms in total. The van der Waals surface area contributed by atoms with Crippen LogP contribution in [0.4, 0.5) is 0 Å². The molecular weight excluding hydrogens is 204 g/mol. The number of carbonyl (C=O) groups is 1. The first-order chi connectivity index (χ1) is 7.70. The summed E-state index contributed by atoms with van der Waals surface area (Å²) in [4.78, 5) is 10.3. The van der Waals surface area contributed by atoms with Crippen LogP contribution in [0.25, 0.3) is 0 Å². The van der Waals surface area contributed by atoms with Crippen LogP contribution >= 0.6 is 0 Å². The summed E-state index contributed by atoms with van der Waals surface area (Å²) in [6.07, 6.45) is 12.5. The summed E-state index contributed by atoms with van der Waals surface area (Å²) in [5.41, 5.74) is 0. The Morgan fingerprint density at radius 3 is 2.94 bits per heavy atom. The van der Waals surface area contributed by atoms with Crippen molar-refractivity contribution in [2.75, 3.05) is 0 Å². The van der Waals surface area contributed by atoms with Gasteiger partial charge < -0.3 is 10.2 Å². The fourth-order valence-electron chi connectivity index (χ4n) is 1.86. The van der Waals surface area contributed by atoms with E-state index in [4.69, 9.17) is 5.11 Å². The van der Waals surface area contributed by atoms with Gasteiger partial charge in [0.2, 0.25) is 0 Å². The molecule has 0 aromatic heterocycles. The summed E-state index contributed by atoms with van der Waals surface area (Å²) in [6, 6.07) is 0. The van der Waals surface area contributed by atoms with Crippen molar-refractivity contribution in [1.29, 1.82) is 0 Å². The first kappa shape index (κ1) is 13.0. The average Bonchev–Trinajstić information content (AvgIpc) is 2.25. The molecule has 0 saturated carbocycles. The van der Waals surface area contributed by atoms with E-state index in [1.165, 1.54) is 0 Å². The van der Waals surface area contributed by atoms with Crippen molar-refractivity contribution in [3.8, 4) is 0 Å². The van der Waals surface area contributed by atoms with Gasteiger partial charge in [-0.2, -0.15) is 0 Å². The van der Waals surface area contributed by atoms with Gasteiger partial charge >= 0.3 is 5.97 Å². The summed E-state index contributed by atoms with van der Waals surface area (Å²) in [5.74, 6) is -0.497. The van der Waals surface area contributed by atoms with Crippen LogP contribution in [0.15, 0.2) is 24.3 Å². The maximum atomic E-state index is 10.3. The average molecular weight is 224 g/mol. The zero-order valence-electron chi connectivity index (χ0n) is 9.51. The number of unbranched alkanes of at least 4 members (excludes halogenated alkanes) is 1. The van der Waals surface area contributed by atoms with E-state index in [1.807, 2.05) is 12.2 Å². The number of aliphatic carboxylic acids is 1. The number of aliphatic hydroxyl groups is 1. The summed E-state index contributed by atoms with van der Waals surface area (Å²) in [5, 5.41) is 18.1. The maximum absolute atomic E-state index is 10.3. The Labute approximate surface area is 96.5 Å². The van der Waals surface area contributed by atoms with Crippen LogP contribution in [0.5, 0.6) is 0 Å². The minimum absolute atomic E-state index is 0.214. The van der Waals surface area contributed by atoms with Crippen molar-refractivity contribution in [3.05, 3.63) is 24.3 Å². The third-order valence-electron chi connectivity index (χ3n) is 2.84. The molecule has 2 atom stereocenters. The second kappa shape index (κ2) is 7.23. The molecule has 0 saturated heterocycles. The summed E-state index contributed by atoms with van der Waals surface area (Å²) >= 11 is 0. The Balaban J connectivity index is 2.13. The smallest absolute Gasteiger partial charge is 0.303 e. The molecule has 0 heterocycles. The van der Waals surface area contributed by atoms with Crippen LogP contribution in [0, 0.1) is 5.92 Å². The Bertz CT molecular complexity index is 268. The van der Waals surface area contributed by atoms with E-state index in [-0.39, 0.29) is 18.4 Å². The number of allylic oxidation sites excluding steroid dienone is 3. The molecule has 0 bridgehead atoms. The number of rotatable bonds is 6. The number of hydrogen-bond donors (Lipinski definition) is 2. The topological polar surface area (TPSA) is 57.5 Å². The minimum atomic E-state index is -0.737. The molecule has 0 amide bonds. The van der Waals surface area contributed by atoms with E-state index < -0.39 is 5.97 Å². The maximum Gasteiger partial charge on any atom is 0.303 e. The van der Waals surface area contributed by atoms with Crippen LogP contribution in [-0.4, -0.2) is 22.3 Å². The highest BCUT2D eigenvalue weighted by Gasteiger charge is 2.16. The summed E-state index contributed by atoms with van der Waals surface area (Å²) in [6.45, 7) is 0. The predicted molar refractivity (Wildman–Crippen MR) is 63.1 cm³/mol. The molecule has 2 unspecified atom stereocenters. The molecule has 0 radical (unpaired) electrons. The van der Waals surface area contributed by atoms with Gasteiger partial charge in [-0.25, -0.2) is 0 Å². The SMILES string of the molecule is O=C(O)CCC/C=C\CC1C=CCCC1O. The van der Waals surface area contributed by atoms with Gasteiger partial charge in [-0.15, -0.1) is 0 Å². The lowest BCUT2D eigenvalue weighted by Gasteiger charge is -2.21. The van der Waals surface area contributed by atoms with Crippen LogP contribution in [0.2, 0.25) is 0 Å². The van der Waals surface area contributed by atoms with E-state index in [2.05, 4.69) is 12.2 Å². The van der Waals surface area contributed by atoms with Crippen molar-refractivity contribution in [1.82, 2.24) is 0 Å². The first-order valence-corrected chi connectivity index (χ1v) is 5.91. The molecule has 1 aliphatic carbocycles. The number of aliphatic hydroxyl groups excluding tert-OH is 1. The Morgan fingerprint density at radius 2 is 2.25 bits per heavy atom. The van der Waals surface area contributed by atoms with Gasteiger partial charge in [0.1, 0.15) is 0 Å². The Kier molecular flexibility index (Phi) is 5.86. The molecule has 0 aromatic carbocycles. The van der Waals surface area contributed by atoms with Crippen molar-refractivity contribution in [2.45, 2.75) is 44.6 Å². The molecule has 0 spiro atoms. The van der Waals surface area contributed by atoms with Gasteiger partial charge in [0.25, 0.3) is 0 Å². The molecule has 1 aliphatic rings. The van der Waals surface area contributed by atoms with Crippen LogP contribution in [0.1, 0.15) is 38.5 Å². The largest absolute Gasteiger partial charge is 0.481 e. The Hall–Kier alpha value is -1.09. The lowest BCUT2D eigenvalue weighted by Crippen LogP contribution is -2.20. The third kappa shape index (κ3) is 5.12. The molecule has 2 N–H and O–H groups in total. The number of carboxylic acids is 1. The van der Waals surface area contributed by atoms with Crippen molar-refractivity contribution >= 4 is 5.97 Å². The standard InChI is InChI=1S/C13H20O3/c14-12-9-6-5-8-11(12)7-3-1-2-4-10-13(15)16/h1,3,5,8,11-12,14H,2,4,6-7,9-10H2,(H,15,16)/b3-1-. The quantitative estimate of drug-likeness (QED) is 0.538.